The number of aromatic amines is 1. The molecule has 0 aliphatic rings. The highest BCUT2D eigenvalue weighted by molar-refractivity contribution is 8.02. The van der Waals surface area contributed by atoms with E-state index in [4.69, 9.17) is 0 Å². The largest absolute Gasteiger partial charge is 0.333 e. The molecule has 1 heterocycles. The molecule has 0 atom stereocenters. The van der Waals surface area contributed by atoms with Crippen molar-refractivity contribution in [1.82, 2.24) is 9.97 Å². The summed E-state index contributed by atoms with van der Waals surface area (Å²) in [6, 6.07) is 8.03. The number of thioether (sulfide) groups is 1. The Kier molecular flexibility index (Phi) is 2.36. The number of fused-ring (bicyclic) bond motifs is 1. The van der Waals surface area contributed by atoms with E-state index in [9.17, 15) is 0 Å². The lowest BCUT2D eigenvalue weighted by molar-refractivity contribution is 1.09. The SMILES string of the molecule is C/C=C\Sc1nc2ccccc2[nH]1. The molecule has 2 nitrogen and oxygen atoms in total. The number of benzene rings is 1. The molecular weight excluding hydrogens is 180 g/mol. The summed E-state index contributed by atoms with van der Waals surface area (Å²) in [6.45, 7) is 2.00. The quantitative estimate of drug-likeness (QED) is 0.737. The summed E-state index contributed by atoms with van der Waals surface area (Å²) in [5.41, 5.74) is 2.11. The molecule has 13 heavy (non-hydrogen) atoms. The average molecular weight is 190 g/mol. The first-order valence-corrected chi connectivity index (χ1v) is 5.00. The van der Waals surface area contributed by atoms with Gasteiger partial charge in [0, 0.05) is 0 Å². The molecule has 0 saturated heterocycles. The third-order valence-corrected chi connectivity index (χ3v) is 2.51. The highest BCUT2D eigenvalue weighted by atomic mass is 32.2. The van der Waals surface area contributed by atoms with E-state index in [0.717, 1.165) is 16.2 Å². The zero-order chi connectivity index (χ0) is 9.10. The molecule has 2 aromatic rings. The predicted molar refractivity (Wildman–Crippen MR) is 56.8 cm³/mol. The Morgan fingerprint density at radius 3 is 3.00 bits per heavy atom. The van der Waals surface area contributed by atoms with E-state index in [-0.39, 0.29) is 0 Å². The number of aromatic nitrogens is 2. The number of para-hydroxylation sites is 2. The first-order chi connectivity index (χ1) is 6.40. The summed E-state index contributed by atoms with van der Waals surface area (Å²) in [6.07, 6.45) is 2.00. The minimum Gasteiger partial charge on any atom is -0.333 e. The summed E-state index contributed by atoms with van der Waals surface area (Å²) in [5, 5.41) is 2.96. The fraction of sp³-hybridized carbons (Fsp3) is 0.100. The van der Waals surface area contributed by atoms with Crippen LogP contribution in [-0.4, -0.2) is 9.97 Å². The Morgan fingerprint density at radius 2 is 2.23 bits per heavy atom. The molecular formula is C10H10N2S. The Balaban J connectivity index is 2.38. The van der Waals surface area contributed by atoms with Crippen molar-refractivity contribution in [3.8, 4) is 0 Å². The number of allylic oxidation sites excluding steroid dienone is 1. The second kappa shape index (κ2) is 3.66. The molecule has 0 unspecified atom stereocenters. The van der Waals surface area contributed by atoms with Gasteiger partial charge in [0.15, 0.2) is 5.16 Å². The molecule has 1 N–H and O–H groups in total. The van der Waals surface area contributed by atoms with Gasteiger partial charge in [0.05, 0.1) is 11.0 Å². The fourth-order valence-electron chi connectivity index (χ4n) is 1.12. The highest BCUT2D eigenvalue weighted by Crippen LogP contribution is 2.19. The molecule has 0 radical (unpaired) electrons. The van der Waals surface area contributed by atoms with E-state index in [2.05, 4.69) is 9.97 Å². The molecule has 0 aliphatic carbocycles. The third-order valence-electron chi connectivity index (χ3n) is 1.68. The Bertz CT molecular complexity index is 398. The third kappa shape index (κ3) is 1.75. The van der Waals surface area contributed by atoms with Gasteiger partial charge in [-0.1, -0.05) is 30.0 Å². The van der Waals surface area contributed by atoms with Crippen molar-refractivity contribution >= 4 is 22.8 Å². The lowest BCUT2D eigenvalue weighted by Gasteiger charge is -1.84. The number of hydrogen-bond acceptors (Lipinski definition) is 2. The van der Waals surface area contributed by atoms with E-state index in [1.54, 1.807) is 11.8 Å². The van der Waals surface area contributed by atoms with Gasteiger partial charge in [0.1, 0.15) is 0 Å². The minimum absolute atomic E-state index is 0.944. The fourth-order valence-corrected chi connectivity index (χ4v) is 1.70. The molecule has 0 saturated carbocycles. The maximum absolute atomic E-state index is 4.41. The standard InChI is InChI=1S/C10H10N2S/c1-2-7-13-10-11-8-5-3-4-6-9(8)12-10/h2-7H,1H3,(H,11,12)/b7-2-. The van der Waals surface area contributed by atoms with Crippen molar-refractivity contribution < 1.29 is 0 Å². The van der Waals surface area contributed by atoms with Crippen LogP contribution in [0.15, 0.2) is 40.9 Å². The molecule has 1 aromatic heterocycles. The monoisotopic (exact) mass is 190 g/mol. The molecule has 3 heteroatoms. The van der Waals surface area contributed by atoms with Crippen LogP contribution in [0.2, 0.25) is 0 Å². The Labute approximate surface area is 81.1 Å². The van der Waals surface area contributed by atoms with Gasteiger partial charge in [-0.05, 0) is 24.5 Å². The van der Waals surface area contributed by atoms with Crippen LogP contribution < -0.4 is 0 Å². The van der Waals surface area contributed by atoms with Crippen LogP contribution in [0.5, 0.6) is 0 Å². The molecule has 0 fully saturated rings. The topological polar surface area (TPSA) is 28.7 Å². The Morgan fingerprint density at radius 1 is 1.38 bits per heavy atom. The lowest BCUT2D eigenvalue weighted by Crippen LogP contribution is -1.67. The van der Waals surface area contributed by atoms with E-state index in [1.165, 1.54) is 0 Å². The lowest BCUT2D eigenvalue weighted by atomic mass is 10.3. The van der Waals surface area contributed by atoms with Gasteiger partial charge in [0.2, 0.25) is 0 Å². The number of hydrogen-bond donors (Lipinski definition) is 1. The van der Waals surface area contributed by atoms with Crippen LogP contribution >= 0.6 is 11.8 Å². The zero-order valence-electron chi connectivity index (χ0n) is 7.32. The predicted octanol–water partition coefficient (Wildman–Crippen LogP) is 3.19. The van der Waals surface area contributed by atoms with Gasteiger partial charge in [-0.3, -0.25) is 0 Å². The van der Waals surface area contributed by atoms with Crippen LogP contribution in [0.4, 0.5) is 0 Å². The number of nitrogens with zero attached hydrogens (tertiary/aromatic N) is 1. The summed E-state index contributed by atoms with van der Waals surface area (Å²) in [4.78, 5) is 7.64. The molecule has 2 rings (SSSR count). The summed E-state index contributed by atoms with van der Waals surface area (Å²) < 4.78 is 0. The van der Waals surface area contributed by atoms with Crippen molar-refractivity contribution in [2.24, 2.45) is 0 Å². The summed E-state index contributed by atoms with van der Waals surface area (Å²) >= 11 is 1.60. The van der Waals surface area contributed by atoms with Crippen LogP contribution in [0.25, 0.3) is 11.0 Å². The second-order valence-corrected chi connectivity index (χ2v) is 3.54. The van der Waals surface area contributed by atoms with Crippen molar-refractivity contribution in [1.29, 1.82) is 0 Å². The maximum atomic E-state index is 4.41. The highest BCUT2D eigenvalue weighted by Gasteiger charge is 1.99. The first kappa shape index (κ1) is 8.38. The van der Waals surface area contributed by atoms with E-state index in [0.29, 0.717) is 0 Å². The van der Waals surface area contributed by atoms with E-state index in [1.807, 2.05) is 42.7 Å². The van der Waals surface area contributed by atoms with Crippen molar-refractivity contribution in [3.63, 3.8) is 0 Å². The van der Waals surface area contributed by atoms with Gasteiger partial charge in [-0.2, -0.15) is 0 Å². The van der Waals surface area contributed by atoms with Crippen LogP contribution in [0, 0.1) is 0 Å². The minimum atomic E-state index is 0.944. The first-order valence-electron chi connectivity index (χ1n) is 4.13. The van der Waals surface area contributed by atoms with Gasteiger partial charge < -0.3 is 4.98 Å². The van der Waals surface area contributed by atoms with Crippen LogP contribution in [0.1, 0.15) is 6.92 Å². The Hall–Kier alpha value is -1.22. The second-order valence-electron chi connectivity index (χ2n) is 2.65. The number of imidazole rings is 1. The number of H-pyrrole nitrogens is 1. The van der Waals surface area contributed by atoms with Crippen LogP contribution in [0.3, 0.4) is 0 Å². The molecule has 0 aliphatic heterocycles. The van der Waals surface area contributed by atoms with Crippen LogP contribution in [-0.2, 0) is 0 Å². The van der Waals surface area contributed by atoms with Gasteiger partial charge in [-0.25, -0.2) is 4.98 Å². The number of rotatable bonds is 2. The summed E-state index contributed by atoms with van der Waals surface area (Å²) in [5.74, 6) is 0. The zero-order valence-corrected chi connectivity index (χ0v) is 8.14. The normalized spacial score (nSPS) is 11.5. The van der Waals surface area contributed by atoms with Gasteiger partial charge >= 0.3 is 0 Å². The van der Waals surface area contributed by atoms with E-state index < -0.39 is 0 Å². The van der Waals surface area contributed by atoms with Crippen molar-refractivity contribution in [2.45, 2.75) is 12.1 Å². The average Bonchev–Trinajstić information content (AvgIpc) is 2.57. The van der Waals surface area contributed by atoms with Crippen molar-refractivity contribution in [2.75, 3.05) is 0 Å². The smallest absolute Gasteiger partial charge is 0.170 e. The molecule has 1 aromatic carbocycles. The van der Waals surface area contributed by atoms with Crippen molar-refractivity contribution in [3.05, 3.63) is 35.7 Å². The maximum Gasteiger partial charge on any atom is 0.170 e. The van der Waals surface area contributed by atoms with Gasteiger partial charge in [-0.15, -0.1) is 0 Å². The van der Waals surface area contributed by atoms with Gasteiger partial charge in [0.25, 0.3) is 0 Å². The van der Waals surface area contributed by atoms with E-state index >= 15 is 0 Å². The summed E-state index contributed by atoms with van der Waals surface area (Å²) in [7, 11) is 0. The number of nitrogens with one attached hydrogen (secondary N) is 1. The molecule has 0 bridgehead atoms. The molecule has 66 valence electrons. The molecule has 0 amide bonds. The molecule has 0 spiro atoms.